The fourth-order valence-corrected chi connectivity index (χ4v) is 3.55. The predicted octanol–water partition coefficient (Wildman–Crippen LogP) is 2.51. The van der Waals surface area contributed by atoms with Gasteiger partial charge in [-0.05, 0) is 32.3 Å². The first kappa shape index (κ1) is 17.4. The summed E-state index contributed by atoms with van der Waals surface area (Å²) in [4.78, 5) is 38.2. The van der Waals surface area contributed by atoms with Crippen LogP contribution >= 0.6 is 0 Å². The van der Waals surface area contributed by atoms with Crippen LogP contribution in [0.15, 0.2) is 36.4 Å². The smallest absolute Gasteiger partial charge is 0.233 e. The number of hydrogen-bond acceptors (Lipinski definition) is 3. The van der Waals surface area contributed by atoms with Crippen molar-refractivity contribution in [1.82, 2.24) is 10.2 Å². The van der Waals surface area contributed by atoms with Crippen molar-refractivity contribution in [2.24, 2.45) is 11.8 Å². The van der Waals surface area contributed by atoms with Crippen LogP contribution in [0.2, 0.25) is 0 Å². The van der Waals surface area contributed by atoms with E-state index in [9.17, 15) is 14.4 Å². The van der Waals surface area contributed by atoms with Crippen molar-refractivity contribution >= 4 is 17.7 Å². The van der Waals surface area contributed by atoms with Crippen molar-refractivity contribution in [3.63, 3.8) is 0 Å². The van der Waals surface area contributed by atoms with Gasteiger partial charge in [-0.1, -0.05) is 42.0 Å². The van der Waals surface area contributed by atoms with Gasteiger partial charge in [-0.15, -0.1) is 0 Å². The van der Waals surface area contributed by atoms with Crippen molar-refractivity contribution in [3.8, 4) is 0 Å². The monoisotopic (exact) mass is 340 g/mol. The fraction of sp³-hybridized carbons (Fsp3) is 0.450. The van der Waals surface area contributed by atoms with Gasteiger partial charge in [-0.25, -0.2) is 0 Å². The van der Waals surface area contributed by atoms with Crippen LogP contribution in [0.1, 0.15) is 43.4 Å². The van der Waals surface area contributed by atoms with E-state index < -0.39 is 0 Å². The maximum atomic E-state index is 12.4. The zero-order valence-electron chi connectivity index (χ0n) is 14.7. The van der Waals surface area contributed by atoms with E-state index in [0.717, 1.165) is 5.56 Å². The van der Waals surface area contributed by atoms with Crippen molar-refractivity contribution in [2.75, 3.05) is 6.54 Å². The van der Waals surface area contributed by atoms with Crippen LogP contribution < -0.4 is 5.32 Å². The average Bonchev–Trinajstić information content (AvgIpc) is 2.85. The Balaban J connectivity index is 1.53. The van der Waals surface area contributed by atoms with Gasteiger partial charge in [0, 0.05) is 13.0 Å². The number of amides is 3. The molecule has 1 fully saturated rings. The highest BCUT2D eigenvalue weighted by atomic mass is 16.2. The molecule has 1 aromatic carbocycles. The lowest BCUT2D eigenvalue weighted by Crippen LogP contribution is -2.36. The minimum Gasteiger partial charge on any atom is -0.350 e. The van der Waals surface area contributed by atoms with Gasteiger partial charge in [0.15, 0.2) is 0 Å². The van der Waals surface area contributed by atoms with Crippen LogP contribution in [0.5, 0.6) is 0 Å². The average molecular weight is 340 g/mol. The van der Waals surface area contributed by atoms with Crippen molar-refractivity contribution in [3.05, 3.63) is 47.5 Å². The number of fused-ring (bicyclic) bond motifs is 1. The number of carbonyl (C=O) groups excluding carboxylic acids is 3. The molecule has 2 aliphatic rings. The summed E-state index contributed by atoms with van der Waals surface area (Å²) in [5.74, 6) is -0.863. The highest BCUT2D eigenvalue weighted by Crippen LogP contribution is 2.34. The number of allylic oxidation sites excluding steroid dienone is 2. The molecule has 0 bridgehead atoms. The normalized spacial score (nSPS) is 23.5. The molecule has 1 aromatic rings. The van der Waals surface area contributed by atoms with Gasteiger partial charge >= 0.3 is 0 Å². The Bertz CT molecular complexity index is 682. The standard InChI is InChI=1S/C20H24N2O3/c1-13-7-9-15(10-8-13)14(2)21-18(23)11-12-22-19(24)16-5-3-4-6-17(16)20(22)25/h3-4,7-10,14,16-17H,5-6,11-12H2,1-2H3,(H,21,23)/t14?,16-,17+. The minimum absolute atomic E-state index is 0.107. The Morgan fingerprint density at radius 1 is 1.12 bits per heavy atom. The molecular weight excluding hydrogens is 316 g/mol. The number of carbonyl (C=O) groups is 3. The van der Waals surface area contributed by atoms with Crippen molar-refractivity contribution in [2.45, 2.75) is 39.2 Å². The summed E-state index contributed by atoms with van der Waals surface area (Å²) in [6, 6.07) is 7.90. The Kier molecular flexibility index (Phi) is 5.02. The maximum Gasteiger partial charge on any atom is 0.233 e. The zero-order valence-corrected chi connectivity index (χ0v) is 14.7. The number of hydrogen-bond donors (Lipinski definition) is 1. The van der Waals surface area contributed by atoms with Gasteiger partial charge in [0.05, 0.1) is 17.9 Å². The summed E-state index contributed by atoms with van der Waals surface area (Å²) in [6.07, 6.45) is 5.32. The van der Waals surface area contributed by atoms with Gasteiger partial charge in [-0.3, -0.25) is 19.3 Å². The molecule has 0 spiro atoms. The number of likely N-dealkylation sites (tertiary alicyclic amines) is 1. The molecule has 5 heteroatoms. The molecule has 1 unspecified atom stereocenters. The molecule has 25 heavy (non-hydrogen) atoms. The van der Waals surface area contributed by atoms with Crippen molar-refractivity contribution < 1.29 is 14.4 Å². The summed E-state index contributed by atoms with van der Waals surface area (Å²) in [6.45, 7) is 4.11. The first-order valence-corrected chi connectivity index (χ1v) is 8.83. The highest BCUT2D eigenvalue weighted by Gasteiger charge is 2.46. The van der Waals surface area contributed by atoms with E-state index in [-0.39, 0.29) is 48.6 Å². The van der Waals surface area contributed by atoms with Crippen LogP contribution in [-0.4, -0.2) is 29.2 Å². The summed E-state index contributed by atoms with van der Waals surface area (Å²) in [5, 5.41) is 2.93. The van der Waals surface area contributed by atoms with E-state index in [1.165, 1.54) is 10.5 Å². The number of nitrogens with one attached hydrogen (secondary N) is 1. The van der Waals surface area contributed by atoms with Crippen molar-refractivity contribution in [1.29, 1.82) is 0 Å². The summed E-state index contributed by atoms with van der Waals surface area (Å²) < 4.78 is 0. The first-order valence-electron chi connectivity index (χ1n) is 8.83. The molecule has 3 rings (SSSR count). The maximum absolute atomic E-state index is 12.4. The third kappa shape index (κ3) is 3.65. The number of benzene rings is 1. The molecular formula is C20H24N2O3. The molecule has 1 aliphatic heterocycles. The van der Waals surface area contributed by atoms with Crippen LogP contribution in [0.3, 0.4) is 0 Å². The van der Waals surface area contributed by atoms with Gasteiger partial charge in [0.1, 0.15) is 0 Å². The number of aryl methyl sites for hydroxylation is 1. The molecule has 1 aliphatic carbocycles. The minimum atomic E-state index is -0.230. The van der Waals surface area contributed by atoms with Gasteiger partial charge < -0.3 is 5.32 Å². The molecule has 0 radical (unpaired) electrons. The molecule has 1 saturated heterocycles. The second-order valence-corrected chi connectivity index (χ2v) is 6.93. The zero-order chi connectivity index (χ0) is 18.0. The molecule has 3 amide bonds. The lowest BCUT2D eigenvalue weighted by Gasteiger charge is -2.17. The lowest BCUT2D eigenvalue weighted by molar-refractivity contribution is -0.140. The van der Waals surface area contributed by atoms with E-state index in [2.05, 4.69) is 5.32 Å². The Hall–Kier alpha value is -2.43. The Morgan fingerprint density at radius 3 is 2.24 bits per heavy atom. The van der Waals surface area contributed by atoms with Crippen LogP contribution in [0, 0.1) is 18.8 Å². The van der Waals surface area contributed by atoms with E-state index in [1.807, 2.05) is 50.3 Å². The Labute approximate surface area is 148 Å². The third-order valence-electron chi connectivity index (χ3n) is 5.12. The van der Waals surface area contributed by atoms with Gasteiger partial charge in [0.25, 0.3) is 0 Å². The van der Waals surface area contributed by atoms with Crippen LogP contribution in [-0.2, 0) is 14.4 Å². The highest BCUT2D eigenvalue weighted by molar-refractivity contribution is 6.05. The van der Waals surface area contributed by atoms with E-state index in [0.29, 0.717) is 12.8 Å². The lowest BCUT2D eigenvalue weighted by atomic mass is 9.85. The molecule has 1 N–H and O–H groups in total. The summed E-state index contributed by atoms with van der Waals surface area (Å²) in [5.41, 5.74) is 2.20. The second-order valence-electron chi connectivity index (χ2n) is 6.93. The van der Waals surface area contributed by atoms with Crippen LogP contribution in [0.25, 0.3) is 0 Å². The van der Waals surface area contributed by atoms with Gasteiger partial charge in [0.2, 0.25) is 17.7 Å². The first-order chi connectivity index (χ1) is 12.0. The van der Waals surface area contributed by atoms with E-state index in [4.69, 9.17) is 0 Å². The molecule has 5 nitrogen and oxygen atoms in total. The van der Waals surface area contributed by atoms with Crippen LogP contribution in [0.4, 0.5) is 0 Å². The number of rotatable bonds is 5. The largest absolute Gasteiger partial charge is 0.350 e. The predicted molar refractivity (Wildman–Crippen MR) is 94.4 cm³/mol. The molecule has 1 heterocycles. The van der Waals surface area contributed by atoms with Gasteiger partial charge in [-0.2, -0.15) is 0 Å². The summed E-state index contributed by atoms with van der Waals surface area (Å²) >= 11 is 0. The fourth-order valence-electron chi connectivity index (χ4n) is 3.55. The van der Waals surface area contributed by atoms with E-state index >= 15 is 0 Å². The number of nitrogens with zero attached hydrogens (tertiary/aromatic N) is 1. The SMILES string of the molecule is Cc1ccc(C(C)NC(=O)CCN2C(=O)[C@H]3CC=CC[C@H]3C2=O)cc1. The molecule has 0 aromatic heterocycles. The number of imide groups is 1. The third-order valence-corrected chi connectivity index (χ3v) is 5.12. The molecule has 3 atom stereocenters. The molecule has 0 saturated carbocycles. The Morgan fingerprint density at radius 2 is 1.68 bits per heavy atom. The summed E-state index contributed by atoms with van der Waals surface area (Å²) in [7, 11) is 0. The molecule has 132 valence electrons. The van der Waals surface area contributed by atoms with E-state index in [1.54, 1.807) is 0 Å². The quantitative estimate of drug-likeness (QED) is 0.661. The second kappa shape index (κ2) is 7.21. The topological polar surface area (TPSA) is 66.5 Å².